The minimum absolute atomic E-state index is 0.343. The van der Waals surface area contributed by atoms with E-state index in [1.165, 1.54) is 0 Å². The van der Waals surface area contributed by atoms with Crippen molar-refractivity contribution >= 4 is 23.7 Å². The number of nitrogens with zero attached hydrogens (tertiary/aromatic N) is 1. The largest absolute Gasteiger partial charge is 0.497 e. The maximum Gasteiger partial charge on any atom is 0.280 e. The minimum Gasteiger partial charge on any atom is -0.497 e. The van der Waals surface area contributed by atoms with E-state index in [1.807, 2.05) is 24.3 Å². The van der Waals surface area contributed by atoms with Gasteiger partial charge in [0.05, 0.1) is 13.3 Å². The predicted molar refractivity (Wildman–Crippen MR) is 90.3 cm³/mol. The number of hydrogen-bond donors (Lipinski definition) is 1. The lowest BCUT2D eigenvalue weighted by Crippen LogP contribution is -2.33. The maximum atomic E-state index is 11.9. The number of halogens is 1. The van der Waals surface area contributed by atoms with Gasteiger partial charge < -0.3 is 9.47 Å². The Kier molecular flexibility index (Phi) is 6.00. The van der Waals surface area contributed by atoms with Gasteiger partial charge in [0.15, 0.2) is 6.10 Å². The van der Waals surface area contributed by atoms with E-state index in [4.69, 9.17) is 21.1 Å². The van der Waals surface area contributed by atoms with Crippen LogP contribution in [0.2, 0.25) is 5.02 Å². The third kappa shape index (κ3) is 5.30. The predicted octanol–water partition coefficient (Wildman–Crippen LogP) is 3.27. The smallest absolute Gasteiger partial charge is 0.280 e. The van der Waals surface area contributed by atoms with Crippen molar-refractivity contribution < 1.29 is 14.3 Å². The summed E-state index contributed by atoms with van der Waals surface area (Å²) in [5.74, 6) is 0.983. The molecule has 0 spiro atoms. The molecule has 0 bridgehead atoms. The molecule has 1 N–H and O–H groups in total. The molecule has 2 rings (SSSR count). The molecule has 0 aliphatic heterocycles. The van der Waals surface area contributed by atoms with Crippen LogP contribution in [-0.4, -0.2) is 25.3 Å². The first-order valence-electron chi connectivity index (χ1n) is 6.97. The average Bonchev–Trinajstić information content (AvgIpc) is 2.57. The highest BCUT2D eigenvalue weighted by atomic mass is 35.5. The molecule has 0 radical (unpaired) electrons. The lowest BCUT2D eigenvalue weighted by atomic mass is 10.2. The highest BCUT2D eigenvalue weighted by Crippen LogP contribution is 2.16. The average molecular weight is 333 g/mol. The molecule has 0 aromatic heterocycles. The van der Waals surface area contributed by atoms with Crippen LogP contribution in [-0.2, 0) is 4.79 Å². The van der Waals surface area contributed by atoms with E-state index in [2.05, 4.69) is 10.5 Å². The van der Waals surface area contributed by atoms with E-state index < -0.39 is 6.10 Å². The second-order valence-corrected chi connectivity index (χ2v) is 5.16. The summed E-state index contributed by atoms with van der Waals surface area (Å²) in [6.45, 7) is 1.65. The van der Waals surface area contributed by atoms with Crippen molar-refractivity contribution in [1.29, 1.82) is 0 Å². The molecule has 0 aliphatic rings. The number of carbonyl (C=O) groups is 1. The molecule has 23 heavy (non-hydrogen) atoms. The molecule has 120 valence electrons. The van der Waals surface area contributed by atoms with E-state index in [-0.39, 0.29) is 5.91 Å². The first kappa shape index (κ1) is 16.8. The van der Waals surface area contributed by atoms with Crippen molar-refractivity contribution in [3.8, 4) is 11.5 Å². The van der Waals surface area contributed by atoms with Crippen molar-refractivity contribution in [2.75, 3.05) is 7.11 Å². The first-order chi connectivity index (χ1) is 11.1. The van der Waals surface area contributed by atoms with Crippen molar-refractivity contribution in [2.24, 2.45) is 5.10 Å². The third-order valence-electron chi connectivity index (χ3n) is 3.00. The standard InChI is InChI=1S/C17H17ClN2O3/c1-12(23-16-9-5-14(18)6-10-16)17(21)20-19-11-13-3-7-15(22-2)8-4-13/h3-12H,1-2H3,(H,20,21)/b19-11-/t12-/m0/s1. The summed E-state index contributed by atoms with van der Waals surface area (Å²) >= 11 is 5.79. The number of benzene rings is 2. The zero-order valence-electron chi connectivity index (χ0n) is 12.8. The molecule has 0 heterocycles. The summed E-state index contributed by atoms with van der Waals surface area (Å²) in [5, 5.41) is 4.52. The molecule has 0 fully saturated rings. The molecule has 0 aliphatic carbocycles. The number of methoxy groups -OCH3 is 1. The summed E-state index contributed by atoms with van der Waals surface area (Å²) in [5.41, 5.74) is 3.28. The van der Waals surface area contributed by atoms with Crippen LogP contribution in [0.25, 0.3) is 0 Å². The number of hydrazone groups is 1. The summed E-state index contributed by atoms with van der Waals surface area (Å²) < 4.78 is 10.6. The van der Waals surface area contributed by atoms with Crippen molar-refractivity contribution in [1.82, 2.24) is 5.43 Å². The number of rotatable bonds is 6. The fourth-order valence-corrected chi connectivity index (χ4v) is 1.85. The van der Waals surface area contributed by atoms with Crippen molar-refractivity contribution in [3.05, 3.63) is 59.1 Å². The molecular formula is C17H17ClN2O3. The lowest BCUT2D eigenvalue weighted by Gasteiger charge is -2.12. The molecule has 2 aromatic rings. The Morgan fingerprint density at radius 2 is 1.74 bits per heavy atom. The van der Waals surface area contributed by atoms with Gasteiger partial charge in [-0.2, -0.15) is 5.10 Å². The first-order valence-corrected chi connectivity index (χ1v) is 7.35. The van der Waals surface area contributed by atoms with Crippen LogP contribution in [0.15, 0.2) is 53.6 Å². The Bertz CT molecular complexity index is 669. The molecule has 2 aromatic carbocycles. The van der Waals surface area contributed by atoms with Gasteiger partial charge in [-0.1, -0.05) is 11.6 Å². The topological polar surface area (TPSA) is 59.9 Å². The van der Waals surface area contributed by atoms with Crippen LogP contribution < -0.4 is 14.9 Å². The molecule has 1 atom stereocenters. The van der Waals surface area contributed by atoms with Gasteiger partial charge in [-0.25, -0.2) is 5.43 Å². The number of amides is 1. The summed E-state index contributed by atoms with van der Waals surface area (Å²) in [7, 11) is 1.60. The monoisotopic (exact) mass is 332 g/mol. The summed E-state index contributed by atoms with van der Waals surface area (Å²) in [6.07, 6.45) is 0.871. The summed E-state index contributed by atoms with van der Waals surface area (Å²) in [6, 6.07) is 14.1. The Morgan fingerprint density at radius 1 is 1.13 bits per heavy atom. The second kappa shape index (κ2) is 8.19. The van der Waals surface area contributed by atoms with Gasteiger partial charge in [0.1, 0.15) is 11.5 Å². The Hall–Kier alpha value is -2.53. The van der Waals surface area contributed by atoms with Gasteiger partial charge in [0, 0.05) is 5.02 Å². The van der Waals surface area contributed by atoms with Gasteiger partial charge in [-0.15, -0.1) is 0 Å². The van der Waals surface area contributed by atoms with Gasteiger partial charge >= 0.3 is 0 Å². The Labute approximate surface area is 139 Å². The second-order valence-electron chi connectivity index (χ2n) is 4.72. The fourth-order valence-electron chi connectivity index (χ4n) is 1.72. The SMILES string of the molecule is COc1ccc(/C=N\NC(=O)[C@H](C)Oc2ccc(Cl)cc2)cc1. The van der Waals surface area contributed by atoms with Crippen LogP contribution in [0.1, 0.15) is 12.5 Å². The lowest BCUT2D eigenvalue weighted by molar-refractivity contribution is -0.127. The molecule has 1 amide bonds. The number of hydrogen-bond acceptors (Lipinski definition) is 4. The zero-order valence-corrected chi connectivity index (χ0v) is 13.6. The van der Waals surface area contributed by atoms with E-state index >= 15 is 0 Å². The van der Waals surface area contributed by atoms with Crippen LogP contribution in [0.5, 0.6) is 11.5 Å². The quantitative estimate of drug-likeness (QED) is 0.652. The molecule has 0 saturated carbocycles. The number of ether oxygens (including phenoxy) is 2. The summed E-state index contributed by atoms with van der Waals surface area (Å²) in [4.78, 5) is 11.9. The van der Waals surface area contributed by atoms with E-state index in [9.17, 15) is 4.79 Å². The molecule has 0 saturated heterocycles. The van der Waals surface area contributed by atoms with Crippen LogP contribution in [0.3, 0.4) is 0 Å². The van der Waals surface area contributed by atoms with E-state index in [0.717, 1.165) is 11.3 Å². The highest BCUT2D eigenvalue weighted by molar-refractivity contribution is 6.30. The van der Waals surface area contributed by atoms with Crippen molar-refractivity contribution in [2.45, 2.75) is 13.0 Å². The Morgan fingerprint density at radius 3 is 2.35 bits per heavy atom. The zero-order chi connectivity index (χ0) is 16.7. The van der Waals surface area contributed by atoms with Crippen LogP contribution in [0, 0.1) is 0 Å². The maximum absolute atomic E-state index is 11.9. The van der Waals surface area contributed by atoms with E-state index in [1.54, 1.807) is 44.5 Å². The molecule has 0 unspecified atom stereocenters. The van der Waals surface area contributed by atoms with Crippen molar-refractivity contribution in [3.63, 3.8) is 0 Å². The minimum atomic E-state index is -0.677. The van der Waals surface area contributed by atoms with E-state index in [0.29, 0.717) is 10.8 Å². The van der Waals surface area contributed by atoms with Crippen LogP contribution >= 0.6 is 11.6 Å². The van der Waals surface area contributed by atoms with Gasteiger partial charge in [0.25, 0.3) is 5.91 Å². The number of carbonyl (C=O) groups excluding carboxylic acids is 1. The van der Waals surface area contributed by atoms with Gasteiger partial charge in [0.2, 0.25) is 0 Å². The highest BCUT2D eigenvalue weighted by Gasteiger charge is 2.13. The number of nitrogens with one attached hydrogen (secondary N) is 1. The molecule has 5 nitrogen and oxygen atoms in total. The fraction of sp³-hybridized carbons (Fsp3) is 0.176. The van der Waals surface area contributed by atoms with Crippen LogP contribution in [0.4, 0.5) is 0 Å². The molecule has 6 heteroatoms. The van der Waals surface area contributed by atoms with Gasteiger partial charge in [-0.3, -0.25) is 4.79 Å². The molecular weight excluding hydrogens is 316 g/mol. The third-order valence-corrected chi connectivity index (χ3v) is 3.25. The normalized spacial score (nSPS) is 12.0. The van der Waals surface area contributed by atoms with Gasteiger partial charge in [-0.05, 0) is 61.0 Å². The Balaban J connectivity index is 1.85.